The highest BCUT2D eigenvalue weighted by atomic mass is 127. The van der Waals surface area contributed by atoms with Crippen molar-refractivity contribution >= 4 is 22.6 Å². The van der Waals surface area contributed by atoms with Crippen molar-refractivity contribution in [2.75, 3.05) is 0 Å². The third-order valence-electron chi connectivity index (χ3n) is 1.14. The van der Waals surface area contributed by atoms with Crippen LogP contribution >= 0.6 is 22.6 Å². The Morgan fingerprint density at radius 3 is 2.09 bits per heavy atom. The minimum absolute atomic E-state index is 0.246. The average molecular weight is 269 g/mol. The number of hydrogen-bond donors (Lipinski definition) is 0. The van der Waals surface area contributed by atoms with Gasteiger partial charge in [0.1, 0.15) is 0 Å². The first-order valence-electron chi connectivity index (χ1n) is 3.20. The highest BCUT2D eigenvalue weighted by Crippen LogP contribution is 2.13. The van der Waals surface area contributed by atoms with E-state index in [1.807, 2.05) is 43.4 Å². The van der Waals surface area contributed by atoms with E-state index in [1.165, 1.54) is 4.80 Å². The lowest BCUT2D eigenvalue weighted by molar-refractivity contribution is 0.303. The van der Waals surface area contributed by atoms with Crippen LogP contribution in [0.15, 0.2) is 0 Å². The lowest BCUT2D eigenvalue weighted by Crippen LogP contribution is -2.24. The van der Waals surface area contributed by atoms with Crippen LogP contribution in [-0.4, -0.2) is 15.0 Å². The molecule has 3 nitrogen and oxygen atoms in total. The lowest BCUT2D eigenvalue weighted by atomic mass is 10.1. The van der Waals surface area contributed by atoms with Crippen molar-refractivity contribution in [1.29, 1.82) is 0 Å². The van der Waals surface area contributed by atoms with Gasteiger partial charge in [0.15, 0.2) is 3.70 Å². The van der Waals surface area contributed by atoms with Gasteiger partial charge in [-0.1, -0.05) is 0 Å². The summed E-state index contributed by atoms with van der Waals surface area (Å²) in [5.41, 5.74) is -0.246. The average Bonchev–Trinajstić information content (AvgIpc) is 2.11. The molecule has 0 aromatic carbocycles. The zero-order valence-electron chi connectivity index (χ0n) is 6.60. The molecule has 1 aromatic heterocycles. The van der Waals surface area contributed by atoms with Crippen molar-refractivity contribution in [3.63, 3.8) is 0 Å². The van der Waals surface area contributed by atoms with Gasteiger partial charge in [0.05, 0.1) is 5.54 Å². The maximum Gasteiger partial charge on any atom is 0.266 e. The van der Waals surface area contributed by atoms with E-state index in [1.54, 1.807) is 0 Å². The second-order valence-corrected chi connectivity index (χ2v) is 4.26. The molecule has 0 aliphatic rings. The summed E-state index contributed by atoms with van der Waals surface area (Å²) in [5.74, 6) is -0.500. The third kappa shape index (κ3) is 1.88. The van der Waals surface area contributed by atoms with Crippen molar-refractivity contribution in [3.8, 4) is 0 Å². The number of rotatable bonds is 0. The van der Waals surface area contributed by atoms with E-state index in [0.717, 1.165) is 0 Å². The first kappa shape index (κ1) is 8.89. The summed E-state index contributed by atoms with van der Waals surface area (Å²) in [4.78, 5) is 1.38. The molecule has 1 heterocycles. The van der Waals surface area contributed by atoms with E-state index in [-0.39, 0.29) is 5.54 Å². The molecule has 0 radical (unpaired) electrons. The SMILES string of the molecule is CC(C)(C)n1nc(F)c(I)n1. The lowest BCUT2D eigenvalue weighted by Gasteiger charge is -2.15. The van der Waals surface area contributed by atoms with Gasteiger partial charge in [-0.15, -0.1) is 10.2 Å². The Bertz CT molecular complexity index is 244. The van der Waals surface area contributed by atoms with Gasteiger partial charge in [0.25, 0.3) is 5.95 Å². The molecule has 0 unspecified atom stereocenters. The van der Waals surface area contributed by atoms with Gasteiger partial charge in [-0.2, -0.15) is 9.19 Å². The predicted octanol–water partition coefficient (Wildman–Crippen LogP) is 1.78. The van der Waals surface area contributed by atoms with Crippen LogP contribution in [0.1, 0.15) is 20.8 Å². The molecule has 0 spiro atoms. The van der Waals surface area contributed by atoms with Crippen LogP contribution < -0.4 is 0 Å². The Kier molecular flexibility index (Phi) is 2.17. The van der Waals surface area contributed by atoms with Crippen LogP contribution in [-0.2, 0) is 5.54 Å². The molecule has 0 atom stereocenters. The van der Waals surface area contributed by atoms with Crippen molar-refractivity contribution < 1.29 is 4.39 Å². The van der Waals surface area contributed by atoms with Crippen LogP contribution in [0, 0.1) is 9.65 Å². The second kappa shape index (κ2) is 2.69. The van der Waals surface area contributed by atoms with E-state index in [2.05, 4.69) is 10.2 Å². The molecule has 0 saturated heterocycles. The van der Waals surface area contributed by atoms with Gasteiger partial charge >= 0.3 is 0 Å². The van der Waals surface area contributed by atoms with Gasteiger partial charge < -0.3 is 0 Å². The quantitative estimate of drug-likeness (QED) is 0.672. The number of aromatic nitrogens is 3. The van der Waals surface area contributed by atoms with Crippen molar-refractivity contribution in [2.45, 2.75) is 26.3 Å². The topological polar surface area (TPSA) is 30.7 Å². The van der Waals surface area contributed by atoms with Crippen LogP contribution in [0.3, 0.4) is 0 Å². The molecule has 0 N–H and O–H groups in total. The number of nitrogens with zero attached hydrogens (tertiary/aromatic N) is 3. The molecule has 0 aliphatic heterocycles. The molecule has 1 aromatic rings. The Labute approximate surface area is 78.1 Å². The highest BCUT2D eigenvalue weighted by molar-refractivity contribution is 14.1. The zero-order valence-corrected chi connectivity index (χ0v) is 8.76. The molecule has 0 amide bonds. The molecular formula is C6H9FIN3. The Morgan fingerprint density at radius 2 is 1.91 bits per heavy atom. The summed E-state index contributed by atoms with van der Waals surface area (Å²) < 4.78 is 13.0. The van der Waals surface area contributed by atoms with Crippen molar-refractivity contribution in [1.82, 2.24) is 15.0 Å². The van der Waals surface area contributed by atoms with E-state index in [4.69, 9.17) is 0 Å². The zero-order chi connectivity index (χ0) is 8.65. The Morgan fingerprint density at radius 1 is 1.36 bits per heavy atom. The molecule has 0 bridgehead atoms. The predicted molar refractivity (Wildman–Crippen MR) is 47.7 cm³/mol. The monoisotopic (exact) mass is 269 g/mol. The number of hydrogen-bond acceptors (Lipinski definition) is 2. The van der Waals surface area contributed by atoms with Gasteiger partial charge in [-0.25, -0.2) is 0 Å². The van der Waals surface area contributed by atoms with E-state index >= 15 is 0 Å². The molecule has 62 valence electrons. The normalized spacial score (nSPS) is 12.1. The van der Waals surface area contributed by atoms with E-state index < -0.39 is 5.95 Å². The molecular weight excluding hydrogens is 260 g/mol. The maximum atomic E-state index is 12.7. The minimum atomic E-state index is -0.500. The molecule has 1 rings (SSSR count). The van der Waals surface area contributed by atoms with E-state index in [9.17, 15) is 4.39 Å². The maximum absolute atomic E-state index is 12.7. The molecule has 0 saturated carbocycles. The van der Waals surface area contributed by atoms with Crippen LogP contribution in [0.25, 0.3) is 0 Å². The summed E-state index contributed by atoms with van der Waals surface area (Å²) in [7, 11) is 0. The van der Waals surface area contributed by atoms with Gasteiger partial charge in [-0.3, -0.25) is 0 Å². The summed E-state index contributed by atoms with van der Waals surface area (Å²) in [6.45, 7) is 5.76. The molecule has 0 aliphatic carbocycles. The molecule has 11 heavy (non-hydrogen) atoms. The van der Waals surface area contributed by atoms with Gasteiger partial charge in [0.2, 0.25) is 0 Å². The fraction of sp³-hybridized carbons (Fsp3) is 0.667. The Hall–Kier alpha value is -0.200. The van der Waals surface area contributed by atoms with Crippen LogP contribution in [0.2, 0.25) is 0 Å². The first-order valence-corrected chi connectivity index (χ1v) is 4.28. The van der Waals surface area contributed by atoms with Crippen LogP contribution in [0.5, 0.6) is 0 Å². The smallest absolute Gasteiger partial charge is 0.180 e. The molecule has 5 heteroatoms. The summed E-state index contributed by atoms with van der Waals surface area (Å²) in [6.07, 6.45) is 0. The second-order valence-electron chi connectivity index (χ2n) is 3.24. The minimum Gasteiger partial charge on any atom is -0.180 e. The summed E-state index contributed by atoms with van der Waals surface area (Å²) in [5, 5.41) is 7.51. The third-order valence-corrected chi connectivity index (χ3v) is 1.80. The highest BCUT2D eigenvalue weighted by Gasteiger charge is 2.18. The number of halogens is 2. The van der Waals surface area contributed by atoms with Crippen molar-refractivity contribution in [3.05, 3.63) is 9.65 Å². The van der Waals surface area contributed by atoms with E-state index in [0.29, 0.717) is 3.70 Å². The fourth-order valence-corrected chi connectivity index (χ4v) is 0.883. The summed E-state index contributed by atoms with van der Waals surface area (Å²) >= 11 is 1.82. The van der Waals surface area contributed by atoms with Crippen molar-refractivity contribution in [2.24, 2.45) is 0 Å². The Balaban J connectivity index is 3.08. The van der Waals surface area contributed by atoms with Gasteiger partial charge in [-0.05, 0) is 43.4 Å². The molecule has 0 fully saturated rings. The van der Waals surface area contributed by atoms with Gasteiger partial charge in [0, 0.05) is 0 Å². The first-order chi connectivity index (χ1) is 4.91. The summed E-state index contributed by atoms with van der Waals surface area (Å²) in [6, 6.07) is 0. The fourth-order valence-electron chi connectivity index (χ4n) is 0.571. The standard InChI is InChI=1S/C6H9FIN3/c1-6(2,3)11-9-4(7)5(8)10-11/h1-3H3. The van der Waals surface area contributed by atoms with Crippen LogP contribution in [0.4, 0.5) is 4.39 Å². The largest absolute Gasteiger partial charge is 0.266 e.